The van der Waals surface area contributed by atoms with Crippen LogP contribution in [0.1, 0.15) is 21.9 Å². The molecule has 0 amide bonds. The lowest BCUT2D eigenvalue weighted by Crippen LogP contribution is -2.46. The maximum Gasteiger partial charge on any atom is 0.338 e. The quantitative estimate of drug-likeness (QED) is 0.379. The van der Waals surface area contributed by atoms with Gasteiger partial charge < -0.3 is 14.6 Å². The van der Waals surface area contributed by atoms with E-state index >= 15 is 0 Å². The normalized spacial score (nSPS) is 14.5. The molecule has 3 heterocycles. The fraction of sp³-hybridized carbons (Fsp3) is 0.286. The molecule has 0 atom stereocenters. The molecule has 10 heteroatoms. The van der Waals surface area contributed by atoms with Gasteiger partial charge >= 0.3 is 5.97 Å². The monoisotopic (exact) mass is 515 g/mol. The van der Waals surface area contributed by atoms with E-state index in [0.29, 0.717) is 65.9 Å². The first kappa shape index (κ1) is 25.4. The summed E-state index contributed by atoms with van der Waals surface area (Å²) in [6.45, 7) is 3.70. The van der Waals surface area contributed by atoms with Gasteiger partial charge in [-0.05, 0) is 18.2 Å². The Morgan fingerprint density at radius 2 is 1.39 bits per heavy atom. The molecule has 5 rings (SSSR count). The lowest BCUT2D eigenvalue weighted by molar-refractivity contribution is 0.0693. The molecule has 1 N–H and O–H groups in total. The second-order valence-electron chi connectivity index (χ2n) is 9.07. The zero-order valence-electron chi connectivity index (χ0n) is 21.3. The van der Waals surface area contributed by atoms with Crippen molar-refractivity contribution in [3.05, 3.63) is 88.1 Å². The predicted octanol–water partition coefficient (Wildman–Crippen LogP) is 2.81. The minimum absolute atomic E-state index is 0.156. The summed E-state index contributed by atoms with van der Waals surface area (Å²) in [6.07, 6.45) is 0. The highest BCUT2D eigenvalue weighted by Crippen LogP contribution is 2.25. The molecule has 1 aliphatic rings. The van der Waals surface area contributed by atoms with Gasteiger partial charge in [-0.2, -0.15) is 9.97 Å². The summed E-state index contributed by atoms with van der Waals surface area (Å²) in [5.41, 5.74) is 1.04. The third-order valence-electron chi connectivity index (χ3n) is 6.76. The van der Waals surface area contributed by atoms with Crippen LogP contribution in [0.15, 0.2) is 65.5 Å². The average Bonchev–Trinajstić information content (AvgIpc) is 2.94. The standard InChI is InChI=1S/C28H29N5O5/c1-37-24-16-25(38-2)30-23(29-24)18-32-14-12-31(13-15-32)17-22-26(28(35)36)20-10-6-7-11-21(20)27(34)33(22)19-8-4-3-5-9-19/h3-11,16H,12-15,17-18H2,1-2H3,(H,35,36). The van der Waals surface area contributed by atoms with E-state index in [1.165, 1.54) is 0 Å². The van der Waals surface area contributed by atoms with Gasteiger partial charge in [0.15, 0.2) is 0 Å². The molecule has 0 saturated carbocycles. The number of fused-ring (bicyclic) bond motifs is 1. The fourth-order valence-electron chi connectivity index (χ4n) is 4.88. The first-order valence-electron chi connectivity index (χ1n) is 12.3. The topological polar surface area (TPSA) is 110 Å². The number of carboxylic acid groups (broad SMARTS) is 1. The maximum atomic E-state index is 13.6. The van der Waals surface area contributed by atoms with Crippen molar-refractivity contribution in [2.75, 3.05) is 40.4 Å². The van der Waals surface area contributed by atoms with Crippen LogP contribution in [-0.2, 0) is 13.1 Å². The number of nitrogens with zero attached hydrogens (tertiary/aromatic N) is 5. The summed E-state index contributed by atoms with van der Waals surface area (Å²) in [5, 5.41) is 11.1. The Morgan fingerprint density at radius 1 is 0.842 bits per heavy atom. The van der Waals surface area contributed by atoms with Crippen molar-refractivity contribution < 1.29 is 19.4 Å². The van der Waals surface area contributed by atoms with E-state index in [1.807, 2.05) is 30.3 Å². The van der Waals surface area contributed by atoms with Gasteiger partial charge in [0, 0.05) is 49.2 Å². The van der Waals surface area contributed by atoms with Crippen LogP contribution < -0.4 is 15.0 Å². The molecule has 0 bridgehead atoms. The fourth-order valence-corrected chi connectivity index (χ4v) is 4.88. The first-order valence-corrected chi connectivity index (χ1v) is 12.3. The van der Waals surface area contributed by atoms with Gasteiger partial charge in [-0.15, -0.1) is 0 Å². The summed E-state index contributed by atoms with van der Waals surface area (Å²) in [4.78, 5) is 39.4. The van der Waals surface area contributed by atoms with Crippen molar-refractivity contribution in [1.82, 2.24) is 24.3 Å². The second kappa shape index (κ2) is 11.0. The molecule has 2 aromatic heterocycles. The van der Waals surface area contributed by atoms with Crippen molar-refractivity contribution in [3.63, 3.8) is 0 Å². The van der Waals surface area contributed by atoms with Crippen molar-refractivity contribution in [3.8, 4) is 17.4 Å². The number of ether oxygens (including phenoxy) is 2. The number of piperazine rings is 1. The lowest BCUT2D eigenvalue weighted by atomic mass is 10.0. The summed E-state index contributed by atoms with van der Waals surface area (Å²) in [7, 11) is 3.11. The predicted molar refractivity (Wildman–Crippen MR) is 142 cm³/mol. The van der Waals surface area contributed by atoms with Crippen LogP contribution in [-0.4, -0.2) is 75.8 Å². The van der Waals surface area contributed by atoms with E-state index in [2.05, 4.69) is 19.8 Å². The summed E-state index contributed by atoms with van der Waals surface area (Å²) < 4.78 is 12.1. The average molecular weight is 516 g/mol. The summed E-state index contributed by atoms with van der Waals surface area (Å²) in [5.74, 6) is 0.447. The van der Waals surface area contributed by atoms with Gasteiger partial charge in [-0.1, -0.05) is 36.4 Å². The van der Waals surface area contributed by atoms with E-state index in [9.17, 15) is 14.7 Å². The molecule has 38 heavy (non-hydrogen) atoms. The van der Waals surface area contributed by atoms with E-state index in [1.54, 1.807) is 49.1 Å². The lowest BCUT2D eigenvalue weighted by Gasteiger charge is -2.35. The van der Waals surface area contributed by atoms with Crippen LogP contribution in [0.25, 0.3) is 16.5 Å². The Labute approximate surface area is 219 Å². The van der Waals surface area contributed by atoms with Gasteiger partial charge in [-0.3, -0.25) is 19.2 Å². The van der Waals surface area contributed by atoms with Crippen molar-refractivity contribution in [2.45, 2.75) is 13.1 Å². The highest BCUT2D eigenvalue weighted by molar-refractivity contribution is 6.04. The summed E-state index contributed by atoms with van der Waals surface area (Å²) in [6, 6.07) is 17.7. The Bertz CT molecular complexity index is 1490. The number of hydrogen-bond donors (Lipinski definition) is 1. The van der Waals surface area contributed by atoms with Crippen molar-refractivity contribution in [1.29, 1.82) is 0 Å². The third-order valence-corrected chi connectivity index (χ3v) is 6.76. The minimum Gasteiger partial charge on any atom is -0.481 e. The second-order valence-corrected chi connectivity index (χ2v) is 9.07. The molecule has 0 spiro atoms. The Morgan fingerprint density at radius 3 is 1.97 bits per heavy atom. The molecule has 10 nitrogen and oxygen atoms in total. The van der Waals surface area contributed by atoms with Crippen molar-refractivity contribution >= 4 is 16.7 Å². The van der Waals surface area contributed by atoms with E-state index in [-0.39, 0.29) is 11.1 Å². The number of aromatic nitrogens is 3. The first-order chi connectivity index (χ1) is 18.5. The number of pyridine rings is 1. The SMILES string of the molecule is COc1cc(OC)nc(CN2CCN(Cc3c(C(=O)O)c4ccccc4c(=O)n3-c3ccccc3)CC2)n1. The molecular formula is C28H29N5O5. The Kier molecular flexibility index (Phi) is 7.34. The molecule has 1 fully saturated rings. The largest absolute Gasteiger partial charge is 0.481 e. The molecule has 196 valence electrons. The molecule has 1 aliphatic heterocycles. The van der Waals surface area contributed by atoms with Crippen LogP contribution >= 0.6 is 0 Å². The number of aromatic carboxylic acids is 1. The van der Waals surface area contributed by atoms with Crippen LogP contribution in [0.2, 0.25) is 0 Å². The maximum absolute atomic E-state index is 13.6. The van der Waals surface area contributed by atoms with Crippen LogP contribution in [0.5, 0.6) is 11.8 Å². The third kappa shape index (κ3) is 5.09. The molecule has 1 saturated heterocycles. The number of para-hydroxylation sites is 1. The molecular weight excluding hydrogens is 486 g/mol. The molecule has 0 aliphatic carbocycles. The number of rotatable bonds is 8. The molecule has 2 aromatic carbocycles. The van der Waals surface area contributed by atoms with Gasteiger partial charge in [0.25, 0.3) is 5.56 Å². The Hall–Kier alpha value is -4.28. The van der Waals surface area contributed by atoms with Gasteiger partial charge in [-0.25, -0.2) is 4.79 Å². The van der Waals surface area contributed by atoms with E-state index in [4.69, 9.17) is 9.47 Å². The smallest absolute Gasteiger partial charge is 0.338 e. The Balaban J connectivity index is 1.43. The zero-order valence-corrected chi connectivity index (χ0v) is 21.3. The number of carboxylic acids is 1. The van der Waals surface area contributed by atoms with E-state index < -0.39 is 5.97 Å². The molecule has 0 radical (unpaired) electrons. The molecule has 4 aromatic rings. The summed E-state index contributed by atoms with van der Waals surface area (Å²) >= 11 is 0. The van der Waals surface area contributed by atoms with Crippen LogP contribution in [0, 0.1) is 0 Å². The number of hydrogen-bond acceptors (Lipinski definition) is 8. The number of methoxy groups -OCH3 is 2. The highest BCUT2D eigenvalue weighted by atomic mass is 16.5. The minimum atomic E-state index is -1.05. The number of benzene rings is 2. The zero-order chi connectivity index (χ0) is 26.6. The van der Waals surface area contributed by atoms with E-state index in [0.717, 1.165) is 13.1 Å². The van der Waals surface area contributed by atoms with Gasteiger partial charge in [0.05, 0.1) is 38.1 Å². The highest BCUT2D eigenvalue weighted by Gasteiger charge is 2.26. The van der Waals surface area contributed by atoms with Crippen LogP contribution in [0.4, 0.5) is 0 Å². The van der Waals surface area contributed by atoms with Gasteiger partial charge in [0.1, 0.15) is 5.82 Å². The van der Waals surface area contributed by atoms with Crippen molar-refractivity contribution in [2.24, 2.45) is 0 Å². The number of carbonyl (C=O) groups is 1. The molecule has 0 unspecified atom stereocenters. The van der Waals surface area contributed by atoms with Crippen LogP contribution in [0.3, 0.4) is 0 Å². The van der Waals surface area contributed by atoms with Gasteiger partial charge in [0.2, 0.25) is 11.8 Å².